The highest BCUT2D eigenvalue weighted by Crippen LogP contribution is 2.29. The summed E-state index contributed by atoms with van der Waals surface area (Å²) in [4.78, 5) is 17.8. The van der Waals surface area contributed by atoms with Crippen molar-refractivity contribution in [1.29, 1.82) is 0 Å². The van der Waals surface area contributed by atoms with E-state index in [0.717, 1.165) is 4.47 Å². The SMILES string of the molecule is O=c1c2ccccc2nc(-c2ccccc2O)n1-c1ccc(Br)cc1. The van der Waals surface area contributed by atoms with Gasteiger partial charge in [0, 0.05) is 4.47 Å². The molecule has 0 spiro atoms. The molecule has 1 aromatic heterocycles. The van der Waals surface area contributed by atoms with Crippen LogP contribution >= 0.6 is 15.9 Å². The average molecular weight is 393 g/mol. The number of benzene rings is 3. The number of fused-ring (bicyclic) bond motifs is 1. The van der Waals surface area contributed by atoms with Crippen LogP contribution in [0.25, 0.3) is 28.0 Å². The van der Waals surface area contributed by atoms with Crippen molar-refractivity contribution in [2.75, 3.05) is 0 Å². The summed E-state index contributed by atoms with van der Waals surface area (Å²) >= 11 is 3.41. The topological polar surface area (TPSA) is 55.1 Å². The molecule has 0 atom stereocenters. The first-order chi connectivity index (χ1) is 12.1. The number of phenols is 1. The number of hydrogen-bond acceptors (Lipinski definition) is 3. The minimum atomic E-state index is -0.175. The van der Waals surface area contributed by atoms with E-state index < -0.39 is 0 Å². The third-order valence-corrected chi connectivity index (χ3v) is 4.53. The monoisotopic (exact) mass is 392 g/mol. The zero-order valence-corrected chi connectivity index (χ0v) is 14.6. The van der Waals surface area contributed by atoms with Crippen LogP contribution in [-0.2, 0) is 0 Å². The molecule has 3 aromatic carbocycles. The van der Waals surface area contributed by atoms with Crippen LogP contribution in [0, 0.1) is 0 Å². The highest BCUT2D eigenvalue weighted by Gasteiger charge is 2.16. The minimum absolute atomic E-state index is 0.0792. The highest BCUT2D eigenvalue weighted by molar-refractivity contribution is 9.10. The number of para-hydroxylation sites is 2. The van der Waals surface area contributed by atoms with Gasteiger partial charge in [0.15, 0.2) is 5.82 Å². The van der Waals surface area contributed by atoms with Gasteiger partial charge < -0.3 is 5.11 Å². The number of aromatic nitrogens is 2. The molecule has 4 rings (SSSR count). The smallest absolute Gasteiger partial charge is 0.266 e. The number of halogens is 1. The number of aromatic hydroxyl groups is 1. The third kappa shape index (κ3) is 2.72. The van der Waals surface area contributed by atoms with Crippen molar-refractivity contribution in [1.82, 2.24) is 9.55 Å². The molecule has 0 saturated carbocycles. The van der Waals surface area contributed by atoms with E-state index in [9.17, 15) is 9.90 Å². The van der Waals surface area contributed by atoms with Gasteiger partial charge in [0.1, 0.15) is 5.75 Å². The van der Waals surface area contributed by atoms with Crippen LogP contribution in [0.1, 0.15) is 0 Å². The maximum Gasteiger partial charge on any atom is 0.266 e. The largest absolute Gasteiger partial charge is 0.507 e. The van der Waals surface area contributed by atoms with Gasteiger partial charge in [-0.3, -0.25) is 9.36 Å². The summed E-state index contributed by atoms with van der Waals surface area (Å²) < 4.78 is 2.45. The highest BCUT2D eigenvalue weighted by atomic mass is 79.9. The second kappa shape index (κ2) is 6.18. The Morgan fingerprint density at radius 2 is 1.56 bits per heavy atom. The Kier molecular flexibility index (Phi) is 3.86. The van der Waals surface area contributed by atoms with E-state index in [-0.39, 0.29) is 11.3 Å². The lowest BCUT2D eigenvalue weighted by molar-refractivity contribution is 0.476. The molecule has 0 bridgehead atoms. The Morgan fingerprint density at radius 1 is 0.880 bits per heavy atom. The van der Waals surface area contributed by atoms with Gasteiger partial charge in [0.25, 0.3) is 5.56 Å². The molecule has 0 unspecified atom stereocenters. The molecule has 1 heterocycles. The van der Waals surface area contributed by atoms with Gasteiger partial charge in [-0.05, 0) is 48.5 Å². The molecule has 1 N–H and O–H groups in total. The molecule has 0 aliphatic rings. The predicted octanol–water partition coefficient (Wildman–Crippen LogP) is 4.52. The molecular weight excluding hydrogens is 380 g/mol. The van der Waals surface area contributed by atoms with E-state index in [1.54, 1.807) is 30.3 Å². The van der Waals surface area contributed by atoms with Crippen LogP contribution in [-0.4, -0.2) is 14.7 Å². The van der Waals surface area contributed by atoms with Crippen molar-refractivity contribution in [3.63, 3.8) is 0 Å². The Bertz CT molecular complexity index is 1130. The number of phenolic OH excluding ortho intramolecular Hbond substituents is 1. The van der Waals surface area contributed by atoms with Crippen LogP contribution in [0.15, 0.2) is 82.1 Å². The molecule has 0 saturated heterocycles. The minimum Gasteiger partial charge on any atom is -0.507 e. The molecule has 0 aliphatic carbocycles. The third-order valence-electron chi connectivity index (χ3n) is 4.01. The van der Waals surface area contributed by atoms with E-state index in [2.05, 4.69) is 20.9 Å². The Balaban J connectivity index is 2.13. The van der Waals surface area contributed by atoms with Crippen molar-refractivity contribution in [3.05, 3.63) is 87.6 Å². The Labute approximate surface area is 152 Å². The number of hydrogen-bond donors (Lipinski definition) is 1. The molecule has 4 nitrogen and oxygen atoms in total. The molecule has 4 aromatic rings. The molecule has 25 heavy (non-hydrogen) atoms. The van der Waals surface area contributed by atoms with Crippen LogP contribution < -0.4 is 5.56 Å². The summed E-state index contributed by atoms with van der Waals surface area (Å²) in [5.41, 5.74) is 1.61. The first-order valence-corrected chi connectivity index (χ1v) is 8.50. The quantitative estimate of drug-likeness (QED) is 0.545. The molecule has 0 amide bonds. The molecule has 0 radical (unpaired) electrons. The van der Waals surface area contributed by atoms with Crippen molar-refractivity contribution < 1.29 is 5.11 Å². The van der Waals surface area contributed by atoms with E-state index in [1.807, 2.05) is 42.5 Å². The normalized spacial score (nSPS) is 10.9. The van der Waals surface area contributed by atoms with Crippen LogP contribution in [0.3, 0.4) is 0 Å². The summed E-state index contributed by atoms with van der Waals surface area (Å²) in [6.07, 6.45) is 0. The summed E-state index contributed by atoms with van der Waals surface area (Å²) in [5, 5.41) is 10.8. The fourth-order valence-corrected chi connectivity index (χ4v) is 3.07. The van der Waals surface area contributed by atoms with E-state index >= 15 is 0 Å². The fourth-order valence-electron chi connectivity index (χ4n) is 2.81. The van der Waals surface area contributed by atoms with Gasteiger partial charge in [-0.1, -0.05) is 40.2 Å². The van der Waals surface area contributed by atoms with Crippen LogP contribution in [0.2, 0.25) is 0 Å². The molecule has 5 heteroatoms. The second-order valence-corrected chi connectivity index (χ2v) is 6.50. The van der Waals surface area contributed by atoms with Crippen molar-refractivity contribution in [2.45, 2.75) is 0 Å². The summed E-state index contributed by atoms with van der Waals surface area (Å²) in [5.74, 6) is 0.486. The summed E-state index contributed by atoms with van der Waals surface area (Å²) in [7, 11) is 0. The standard InChI is InChI=1S/C20H13BrN2O2/c21-13-9-11-14(12-10-13)23-19(16-6-2-4-8-18(16)24)22-17-7-3-1-5-15(17)20(23)25/h1-12,24H. The Morgan fingerprint density at radius 3 is 2.32 bits per heavy atom. The summed E-state index contributed by atoms with van der Waals surface area (Å²) in [6.45, 7) is 0. The van der Waals surface area contributed by atoms with Crippen LogP contribution in [0.5, 0.6) is 5.75 Å². The van der Waals surface area contributed by atoms with Crippen LogP contribution in [0.4, 0.5) is 0 Å². The van der Waals surface area contributed by atoms with Crippen molar-refractivity contribution in [2.24, 2.45) is 0 Å². The lowest BCUT2D eigenvalue weighted by Gasteiger charge is -2.14. The number of nitrogens with zero attached hydrogens (tertiary/aromatic N) is 2. The molecule has 122 valence electrons. The molecular formula is C20H13BrN2O2. The maximum absolute atomic E-state index is 13.1. The zero-order chi connectivity index (χ0) is 17.4. The zero-order valence-electron chi connectivity index (χ0n) is 13.1. The first-order valence-electron chi connectivity index (χ1n) is 7.71. The van der Waals surface area contributed by atoms with Gasteiger partial charge in [-0.2, -0.15) is 0 Å². The molecule has 0 fully saturated rings. The lowest BCUT2D eigenvalue weighted by Crippen LogP contribution is -2.21. The van der Waals surface area contributed by atoms with E-state index in [0.29, 0.717) is 28.0 Å². The average Bonchev–Trinajstić information content (AvgIpc) is 2.63. The second-order valence-electron chi connectivity index (χ2n) is 5.59. The van der Waals surface area contributed by atoms with Gasteiger partial charge in [0.2, 0.25) is 0 Å². The predicted molar refractivity (Wildman–Crippen MR) is 102 cm³/mol. The first kappa shape index (κ1) is 15.6. The van der Waals surface area contributed by atoms with E-state index in [1.165, 1.54) is 4.57 Å². The fraction of sp³-hybridized carbons (Fsp3) is 0. The Hall–Kier alpha value is -2.92. The van der Waals surface area contributed by atoms with Crippen molar-refractivity contribution >= 4 is 26.8 Å². The summed E-state index contributed by atoms with van der Waals surface area (Å²) in [6, 6.07) is 21.5. The van der Waals surface area contributed by atoms with Gasteiger partial charge in [-0.25, -0.2) is 4.98 Å². The number of rotatable bonds is 2. The van der Waals surface area contributed by atoms with Gasteiger partial charge in [0.05, 0.1) is 22.2 Å². The van der Waals surface area contributed by atoms with E-state index in [4.69, 9.17) is 0 Å². The van der Waals surface area contributed by atoms with Gasteiger partial charge in [-0.15, -0.1) is 0 Å². The lowest BCUT2D eigenvalue weighted by atomic mass is 10.1. The van der Waals surface area contributed by atoms with Crippen molar-refractivity contribution in [3.8, 4) is 22.8 Å². The molecule has 0 aliphatic heterocycles. The maximum atomic E-state index is 13.1. The van der Waals surface area contributed by atoms with Gasteiger partial charge >= 0.3 is 0 Å².